The molecular formula is C11H13BrO3S. The van der Waals surface area contributed by atoms with Gasteiger partial charge in [-0.3, -0.25) is 0 Å². The van der Waals surface area contributed by atoms with E-state index >= 15 is 0 Å². The largest absolute Gasteiger partial charge is 0.478 e. The number of aromatic carboxylic acids is 1. The van der Waals surface area contributed by atoms with Crippen molar-refractivity contribution in [1.82, 2.24) is 0 Å². The van der Waals surface area contributed by atoms with Crippen LogP contribution in [0.1, 0.15) is 24.2 Å². The van der Waals surface area contributed by atoms with Crippen LogP contribution in [0.5, 0.6) is 0 Å². The third-order valence-electron chi connectivity index (χ3n) is 2.18. The highest BCUT2D eigenvalue weighted by atomic mass is 79.9. The SMILES string of the molecule is CC(O)C(C)Sc1cccc(Br)c1C(=O)O. The molecule has 2 N–H and O–H groups in total. The summed E-state index contributed by atoms with van der Waals surface area (Å²) in [7, 11) is 0. The average molecular weight is 305 g/mol. The Morgan fingerprint density at radius 2 is 2.06 bits per heavy atom. The van der Waals surface area contributed by atoms with Gasteiger partial charge in [-0.05, 0) is 35.0 Å². The number of carbonyl (C=O) groups is 1. The minimum atomic E-state index is -0.965. The van der Waals surface area contributed by atoms with Gasteiger partial charge in [0.15, 0.2) is 0 Å². The van der Waals surface area contributed by atoms with Crippen molar-refractivity contribution >= 4 is 33.7 Å². The lowest BCUT2D eigenvalue weighted by atomic mass is 10.2. The summed E-state index contributed by atoms with van der Waals surface area (Å²) in [6, 6.07) is 5.23. The van der Waals surface area contributed by atoms with Gasteiger partial charge in [0.2, 0.25) is 0 Å². The predicted octanol–water partition coefficient (Wildman–Crippen LogP) is 3.01. The monoisotopic (exact) mass is 304 g/mol. The van der Waals surface area contributed by atoms with E-state index in [-0.39, 0.29) is 10.8 Å². The van der Waals surface area contributed by atoms with Gasteiger partial charge < -0.3 is 10.2 Å². The average Bonchev–Trinajstić information content (AvgIpc) is 2.16. The molecule has 0 saturated carbocycles. The van der Waals surface area contributed by atoms with Crippen LogP contribution < -0.4 is 0 Å². The molecule has 0 aromatic heterocycles. The lowest BCUT2D eigenvalue weighted by Gasteiger charge is -2.15. The number of aliphatic hydroxyl groups excluding tert-OH is 1. The van der Waals surface area contributed by atoms with E-state index in [9.17, 15) is 9.90 Å². The Morgan fingerprint density at radius 1 is 1.44 bits per heavy atom. The summed E-state index contributed by atoms with van der Waals surface area (Å²) in [6.07, 6.45) is -0.481. The first-order chi connectivity index (χ1) is 7.43. The first-order valence-electron chi connectivity index (χ1n) is 4.80. The molecule has 0 radical (unpaired) electrons. The lowest BCUT2D eigenvalue weighted by molar-refractivity contribution is 0.0692. The Hall–Kier alpha value is -0.520. The standard InChI is InChI=1S/C11H13BrO3S/c1-6(13)7(2)16-9-5-3-4-8(12)10(9)11(14)15/h3-7,13H,1-2H3,(H,14,15). The van der Waals surface area contributed by atoms with Crippen molar-refractivity contribution in [2.24, 2.45) is 0 Å². The maximum absolute atomic E-state index is 11.1. The first-order valence-corrected chi connectivity index (χ1v) is 6.47. The normalized spacial score (nSPS) is 14.5. The molecule has 5 heteroatoms. The molecule has 0 saturated heterocycles. The van der Waals surface area contributed by atoms with Crippen LogP contribution in [0.2, 0.25) is 0 Å². The minimum Gasteiger partial charge on any atom is -0.478 e. The Labute approximate surface area is 107 Å². The summed E-state index contributed by atoms with van der Waals surface area (Å²) in [5.41, 5.74) is 0.250. The van der Waals surface area contributed by atoms with Gasteiger partial charge in [-0.25, -0.2) is 4.79 Å². The molecule has 1 rings (SSSR count). The molecule has 0 spiro atoms. The molecule has 0 aliphatic carbocycles. The van der Waals surface area contributed by atoms with Crippen LogP contribution in [0.3, 0.4) is 0 Å². The number of carboxylic acid groups (broad SMARTS) is 1. The first kappa shape index (κ1) is 13.5. The van der Waals surface area contributed by atoms with E-state index in [1.807, 2.05) is 6.92 Å². The van der Waals surface area contributed by atoms with Gasteiger partial charge in [0, 0.05) is 14.6 Å². The van der Waals surface area contributed by atoms with Crippen LogP contribution in [0.25, 0.3) is 0 Å². The predicted molar refractivity (Wildman–Crippen MR) is 68.1 cm³/mol. The summed E-state index contributed by atoms with van der Waals surface area (Å²) in [5, 5.41) is 18.4. The fraction of sp³-hybridized carbons (Fsp3) is 0.364. The van der Waals surface area contributed by atoms with Crippen molar-refractivity contribution in [3.05, 3.63) is 28.2 Å². The third kappa shape index (κ3) is 3.23. The van der Waals surface area contributed by atoms with E-state index in [0.29, 0.717) is 9.37 Å². The lowest BCUT2D eigenvalue weighted by Crippen LogP contribution is -2.15. The van der Waals surface area contributed by atoms with Crippen LogP contribution in [0.4, 0.5) is 0 Å². The van der Waals surface area contributed by atoms with E-state index in [2.05, 4.69) is 15.9 Å². The smallest absolute Gasteiger partial charge is 0.337 e. The minimum absolute atomic E-state index is 0.0487. The fourth-order valence-corrected chi connectivity index (χ4v) is 2.85. The van der Waals surface area contributed by atoms with Crippen LogP contribution in [0, 0.1) is 0 Å². The number of aliphatic hydroxyl groups is 1. The molecule has 0 aliphatic rings. The molecule has 0 amide bonds. The second-order valence-electron chi connectivity index (χ2n) is 3.48. The van der Waals surface area contributed by atoms with Crippen molar-refractivity contribution in [2.45, 2.75) is 30.1 Å². The number of benzene rings is 1. The quantitative estimate of drug-likeness (QED) is 0.840. The number of carboxylic acids is 1. The molecule has 0 aliphatic heterocycles. The Bertz CT molecular complexity index is 393. The molecule has 0 bridgehead atoms. The number of hydrogen-bond acceptors (Lipinski definition) is 3. The Kier molecular flexibility index (Phi) is 4.83. The summed E-state index contributed by atoms with van der Waals surface area (Å²) in [5.74, 6) is -0.965. The molecule has 88 valence electrons. The summed E-state index contributed by atoms with van der Waals surface area (Å²) >= 11 is 4.58. The number of thioether (sulfide) groups is 1. The van der Waals surface area contributed by atoms with Crippen molar-refractivity contribution in [2.75, 3.05) is 0 Å². The van der Waals surface area contributed by atoms with Gasteiger partial charge in [0.05, 0.1) is 11.7 Å². The molecule has 0 heterocycles. The highest BCUT2D eigenvalue weighted by molar-refractivity contribution is 9.10. The van der Waals surface area contributed by atoms with E-state index in [1.54, 1.807) is 25.1 Å². The van der Waals surface area contributed by atoms with Crippen molar-refractivity contribution in [3.63, 3.8) is 0 Å². The van der Waals surface area contributed by atoms with E-state index in [0.717, 1.165) is 0 Å². The second kappa shape index (κ2) is 5.70. The van der Waals surface area contributed by atoms with Crippen LogP contribution >= 0.6 is 27.7 Å². The molecule has 1 aromatic carbocycles. The topological polar surface area (TPSA) is 57.5 Å². The maximum Gasteiger partial charge on any atom is 0.337 e. The maximum atomic E-state index is 11.1. The molecular weight excluding hydrogens is 292 g/mol. The zero-order chi connectivity index (χ0) is 12.3. The van der Waals surface area contributed by atoms with Crippen LogP contribution in [0.15, 0.2) is 27.6 Å². The van der Waals surface area contributed by atoms with Crippen LogP contribution in [-0.4, -0.2) is 27.5 Å². The molecule has 1 aromatic rings. The zero-order valence-corrected chi connectivity index (χ0v) is 11.4. The summed E-state index contributed by atoms with van der Waals surface area (Å²) in [6.45, 7) is 3.55. The van der Waals surface area contributed by atoms with Crippen molar-refractivity contribution in [1.29, 1.82) is 0 Å². The van der Waals surface area contributed by atoms with Gasteiger partial charge in [0.25, 0.3) is 0 Å². The third-order valence-corrected chi connectivity index (χ3v) is 4.20. The van der Waals surface area contributed by atoms with E-state index in [1.165, 1.54) is 11.8 Å². The Balaban J connectivity index is 3.04. The van der Waals surface area contributed by atoms with Crippen molar-refractivity contribution in [3.8, 4) is 0 Å². The second-order valence-corrected chi connectivity index (χ2v) is 5.76. The molecule has 3 nitrogen and oxygen atoms in total. The van der Waals surface area contributed by atoms with Crippen molar-refractivity contribution < 1.29 is 15.0 Å². The summed E-state index contributed by atoms with van der Waals surface area (Å²) in [4.78, 5) is 11.8. The van der Waals surface area contributed by atoms with Gasteiger partial charge in [-0.2, -0.15) is 0 Å². The number of rotatable bonds is 4. The fourth-order valence-electron chi connectivity index (χ4n) is 1.11. The van der Waals surface area contributed by atoms with Gasteiger partial charge in [-0.1, -0.05) is 13.0 Å². The number of hydrogen-bond donors (Lipinski definition) is 2. The molecule has 16 heavy (non-hydrogen) atoms. The van der Waals surface area contributed by atoms with Gasteiger partial charge >= 0.3 is 5.97 Å². The molecule has 2 unspecified atom stereocenters. The molecule has 0 fully saturated rings. The zero-order valence-electron chi connectivity index (χ0n) is 8.98. The van der Waals surface area contributed by atoms with E-state index < -0.39 is 12.1 Å². The summed E-state index contributed by atoms with van der Waals surface area (Å²) < 4.78 is 0.558. The highest BCUT2D eigenvalue weighted by Gasteiger charge is 2.18. The number of halogens is 1. The Morgan fingerprint density at radius 3 is 2.56 bits per heavy atom. The van der Waals surface area contributed by atoms with Gasteiger partial charge in [-0.15, -0.1) is 11.8 Å². The van der Waals surface area contributed by atoms with Gasteiger partial charge in [0.1, 0.15) is 0 Å². The van der Waals surface area contributed by atoms with Crippen LogP contribution in [-0.2, 0) is 0 Å². The van der Waals surface area contributed by atoms with E-state index in [4.69, 9.17) is 5.11 Å². The molecule has 2 atom stereocenters. The highest BCUT2D eigenvalue weighted by Crippen LogP contribution is 2.32.